The number of carbonyl (C=O) groups is 1. The fraction of sp³-hybridized carbons (Fsp3) is 0.300. The molecular weight excluding hydrogens is 205 g/mol. The van der Waals surface area contributed by atoms with Gasteiger partial charge in [-0.3, -0.25) is 4.79 Å². The smallest absolute Gasteiger partial charge is 0.224 e. The second-order valence-corrected chi connectivity index (χ2v) is 3.76. The zero-order chi connectivity index (χ0) is 10.1. The maximum atomic E-state index is 13.4. The Kier molecular flexibility index (Phi) is 2.42. The van der Waals surface area contributed by atoms with Crippen molar-refractivity contribution < 1.29 is 9.18 Å². The van der Waals surface area contributed by atoms with Crippen molar-refractivity contribution in [3.63, 3.8) is 0 Å². The lowest BCUT2D eigenvalue weighted by Gasteiger charge is -2.07. The SMILES string of the molecule is O=C1CCCc2cc(Cl)cc(F)c2N1. The Morgan fingerprint density at radius 1 is 1.36 bits per heavy atom. The lowest BCUT2D eigenvalue weighted by Crippen LogP contribution is -2.10. The second kappa shape index (κ2) is 3.58. The zero-order valence-corrected chi connectivity index (χ0v) is 8.20. The summed E-state index contributed by atoms with van der Waals surface area (Å²) in [6.45, 7) is 0. The Balaban J connectivity index is 2.50. The molecule has 0 radical (unpaired) electrons. The van der Waals surface area contributed by atoms with Crippen LogP contribution in [0.4, 0.5) is 10.1 Å². The molecule has 2 rings (SSSR count). The van der Waals surface area contributed by atoms with Crippen molar-refractivity contribution in [1.29, 1.82) is 0 Å². The topological polar surface area (TPSA) is 29.1 Å². The fourth-order valence-corrected chi connectivity index (χ4v) is 1.83. The molecule has 0 aromatic heterocycles. The van der Waals surface area contributed by atoms with Crippen LogP contribution in [0.1, 0.15) is 18.4 Å². The molecule has 0 atom stereocenters. The van der Waals surface area contributed by atoms with Crippen molar-refractivity contribution in [3.05, 3.63) is 28.5 Å². The minimum Gasteiger partial charge on any atom is -0.323 e. The molecule has 0 spiro atoms. The predicted octanol–water partition coefficient (Wildman–Crippen LogP) is 2.75. The first-order chi connectivity index (χ1) is 6.66. The van der Waals surface area contributed by atoms with Crippen molar-refractivity contribution in [3.8, 4) is 0 Å². The van der Waals surface area contributed by atoms with Crippen molar-refractivity contribution in [2.45, 2.75) is 19.3 Å². The Labute approximate surface area is 86.1 Å². The highest BCUT2D eigenvalue weighted by Gasteiger charge is 2.16. The number of fused-ring (bicyclic) bond motifs is 1. The van der Waals surface area contributed by atoms with E-state index in [0.717, 1.165) is 12.0 Å². The monoisotopic (exact) mass is 213 g/mol. The van der Waals surface area contributed by atoms with Gasteiger partial charge in [-0.25, -0.2) is 4.39 Å². The molecule has 1 heterocycles. The molecule has 0 aliphatic carbocycles. The first kappa shape index (κ1) is 9.46. The molecule has 74 valence electrons. The summed E-state index contributed by atoms with van der Waals surface area (Å²) in [6, 6.07) is 2.91. The van der Waals surface area contributed by atoms with Crippen LogP contribution in [-0.2, 0) is 11.2 Å². The maximum absolute atomic E-state index is 13.4. The molecule has 0 saturated carbocycles. The standard InChI is InChI=1S/C10H9ClFNO/c11-7-4-6-2-1-3-9(14)13-10(6)8(12)5-7/h4-5H,1-3H2,(H,13,14). The van der Waals surface area contributed by atoms with E-state index in [9.17, 15) is 9.18 Å². The number of benzene rings is 1. The summed E-state index contributed by atoms with van der Waals surface area (Å²) in [6.07, 6.45) is 1.86. The van der Waals surface area contributed by atoms with Crippen LogP contribution in [-0.4, -0.2) is 5.91 Å². The molecule has 2 nitrogen and oxygen atoms in total. The first-order valence-electron chi connectivity index (χ1n) is 4.44. The molecule has 1 amide bonds. The Bertz CT molecular complexity index is 392. The summed E-state index contributed by atoms with van der Waals surface area (Å²) in [5, 5.41) is 2.92. The van der Waals surface area contributed by atoms with Gasteiger partial charge in [0, 0.05) is 11.4 Å². The fourth-order valence-electron chi connectivity index (χ4n) is 1.61. The summed E-state index contributed by atoms with van der Waals surface area (Å²) < 4.78 is 13.4. The van der Waals surface area contributed by atoms with E-state index < -0.39 is 5.82 Å². The van der Waals surface area contributed by atoms with E-state index in [1.165, 1.54) is 6.07 Å². The van der Waals surface area contributed by atoms with Crippen LogP contribution < -0.4 is 5.32 Å². The highest BCUT2D eigenvalue weighted by atomic mass is 35.5. The number of anilines is 1. The number of nitrogens with one attached hydrogen (secondary N) is 1. The van der Waals surface area contributed by atoms with Crippen molar-refractivity contribution in [2.75, 3.05) is 5.32 Å². The average Bonchev–Trinajstić information content (AvgIpc) is 2.27. The molecule has 1 aliphatic rings. The Hall–Kier alpha value is -1.09. The van der Waals surface area contributed by atoms with E-state index >= 15 is 0 Å². The molecule has 1 aromatic carbocycles. The molecular formula is C10H9ClFNO. The Morgan fingerprint density at radius 3 is 2.93 bits per heavy atom. The van der Waals surface area contributed by atoms with Gasteiger partial charge in [-0.2, -0.15) is 0 Å². The normalized spacial score (nSPS) is 15.7. The average molecular weight is 214 g/mol. The molecule has 1 aromatic rings. The molecule has 0 bridgehead atoms. The highest BCUT2D eigenvalue weighted by molar-refractivity contribution is 6.30. The summed E-state index contributed by atoms with van der Waals surface area (Å²) in [4.78, 5) is 11.2. The Morgan fingerprint density at radius 2 is 2.14 bits per heavy atom. The van der Waals surface area contributed by atoms with E-state index in [1.54, 1.807) is 6.07 Å². The molecule has 1 aliphatic heterocycles. The minimum absolute atomic E-state index is 0.134. The third kappa shape index (κ3) is 1.73. The van der Waals surface area contributed by atoms with E-state index in [1.807, 2.05) is 0 Å². The predicted molar refractivity (Wildman–Crippen MR) is 53.0 cm³/mol. The van der Waals surface area contributed by atoms with Crippen LogP contribution in [0.15, 0.2) is 12.1 Å². The van der Waals surface area contributed by atoms with E-state index in [-0.39, 0.29) is 11.6 Å². The maximum Gasteiger partial charge on any atom is 0.224 e. The van der Waals surface area contributed by atoms with Gasteiger partial charge < -0.3 is 5.32 Å². The number of hydrogen-bond acceptors (Lipinski definition) is 1. The number of rotatable bonds is 0. The highest BCUT2D eigenvalue weighted by Crippen LogP contribution is 2.28. The molecule has 1 N–H and O–H groups in total. The van der Waals surface area contributed by atoms with E-state index in [2.05, 4.69) is 5.32 Å². The zero-order valence-electron chi connectivity index (χ0n) is 7.44. The second-order valence-electron chi connectivity index (χ2n) is 3.32. The van der Waals surface area contributed by atoms with Gasteiger partial charge in [0.05, 0.1) is 5.69 Å². The third-order valence-corrected chi connectivity index (χ3v) is 2.47. The number of amides is 1. The van der Waals surface area contributed by atoms with Crippen LogP contribution in [0.25, 0.3) is 0 Å². The van der Waals surface area contributed by atoms with Crippen molar-refractivity contribution in [1.82, 2.24) is 0 Å². The van der Waals surface area contributed by atoms with Gasteiger partial charge in [-0.1, -0.05) is 11.6 Å². The molecule has 0 saturated heterocycles. The lowest BCUT2D eigenvalue weighted by molar-refractivity contribution is -0.116. The molecule has 0 fully saturated rings. The number of aryl methyl sites for hydroxylation is 1. The van der Waals surface area contributed by atoms with Crippen LogP contribution in [0.3, 0.4) is 0 Å². The van der Waals surface area contributed by atoms with Crippen LogP contribution in [0, 0.1) is 5.82 Å². The van der Waals surface area contributed by atoms with Gasteiger partial charge in [0.1, 0.15) is 5.82 Å². The summed E-state index contributed by atoms with van der Waals surface area (Å²) >= 11 is 5.72. The van der Waals surface area contributed by atoms with E-state index in [4.69, 9.17) is 11.6 Å². The molecule has 0 unspecified atom stereocenters. The van der Waals surface area contributed by atoms with Crippen LogP contribution in [0.2, 0.25) is 5.02 Å². The number of hydrogen-bond donors (Lipinski definition) is 1. The van der Waals surface area contributed by atoms with Gasteiger partial charge >= 0.3 is 0 Å². The van der Waals surface area contributed by atoms with Crippen molar-refractivity contribution in [2.24, 2.45) is 0 Å². The number of halogens is 2. The van der Waals surface area contributed by atoms with Crippen LogP contribution >= 0.6 is 11.6 Å². The first-order valence-corrected chi connectivity index (χ1v) is 4.82. The van der Waals surface area contributed by atoms with Crippen LogP contribution in [0.5, 0.6) is 0 Å². The number of carbonyl (C=O) groups excluding carboxylic acids is 1. The summed E-state index contributed by atoms with van der Waals surface area (Å²) in [5.74, 6) is -0.590. The molecule has 14 heavy (non-hydrogen) atoms. The van der Waals surface area contributed by atoms with Crippen molar-refractivity contribution >= 4 is 23.2 Å². The summed E-state index contributed by atoms with van der Waals surface area (Å²) in [7, 11) is 0. The van der Waals surface area contributed by atoms with Gasteiger partial charge in [-0.15, -0.1) is 0 Å². The van der Waals surface area contributed by atoms with E-state index in [0.29, 0.717) is 17.9 Å². The summed E-state index contributed by atoms with van der Waals surface area (Å²) in [5.41, 5.74) is 1.07. The van der Waals surface area contributed by atoms with Gasteiger partial charge in [0.15, 0.2) is 0 Å². The largest absolute Gasteiger partial charge is 0.323 e. The lowest BCUT2D eigenvalue weighted by atomic mass is 10.1. The van der Waals surface area contributed by atoms with Gasteiger partial charge in [0.2, 0.25) is 5.91 Å². The quantitative estimate of drug-likeness (QED) is 0.706. The minimum atomic E-state index is -0.456. The van der Waals surface area contributed by atoms with Gasteiger partial charge in [-0.05, 0) is 30.5 Å². The third-order valence-electron chi connectivity index (χ3n) is 2.25. The molecule has 4 heteroatoms. The van der Waals surface area contributed by atoms with Gasteiger partial charge in [0.25, 0.3) is 0 Å².